The molecule has 5 nitrogen and oxygen atoms in total. The smallest absolute Gasteiger partial charge is 0.241 e. The standard InChI is InChI=1S/C21H25ClFN3O2/c1-3-28-20-7-5-4-6-19(20)26-12-10-25(11-13-26)15(2)21(27)24-18-9-8-16(23)14-17(18)22/h4-9,14-15H,3,10-13H2,1-2H3,(H,24,27)/t15-/m1/s1. The highest BCUT2D eigenvalue weighted by Gasteiger charge is 2.27. The largest absolute Gasteiger partial charge is 0.492 e. The molecule has 3 rings (SSSR count). The molecule has 0 saturated carbocycles. The van der Waals surface area contributed by atoms with E-state index in [0.29, 0.717) is 12.3 Å². The van der Waals surface area contributed by atoms with Gasteiger partial charge in [0, 0.05) is 26.2 Å². The molecule has 1 atom stereocenters. The molecule has 0 spiro atoms. The van der Waals surface area contributed by atoms with Crippen molar-refractivity contribution in [3.63, 3.8) is 0 Å². The van der Waals surface area contributed by atoms with Gasteiger partial charge in [-0.2, -0.15) is 0 Å². The first-order valence-corrected chi connectivity index (χ1v) is 9.84. The number of piperazine rings is 1. The van der Waals surface area contributed by atoms with Crippen LogP contribution in [0, 0.1) is 5.82 Å². The molecule has 1 amide bonds. The summed E-state index contributed by atoms with van der Waals surface area (Å²) in [7, 11) is 0. The first-order valence-electron chi connectivity index (χ1n) is 9.46. The minimum Gasteiger partial charge on any atom is -0.492 e. The molecule has 1 heterocycles. The van der Waals surface area contributed by atoms with E-state index < -0.39 is 5.82 Å². The van der Waals surface area contributed by atoms with E-state index in [0.717, 1.165) is 37.6 Å². The zero-order valence-corrected chi connectivity index (χ0v) is 16.9. The van der Waals surface area contributed by atoms with Crippen LogP contribution in [0.2, 0.25) is 5.02 Å². The number of amides is 1. The third kappa shape index (κ3) is 4.75. The van der Waals surface area contributed by atoms with Crippen LogP contribution in [0.1, 0.15) is 13.8 Å². The van der Waals surface area contributed by atoms with Crippen LogP contribution in [0.4, 0.5) is 15.8 Å². The summed E-state index contributed by atoms with van der Waals surface area (Å²) >= 11 is 6.00. The summed E-state index contributed by atoms with van der Waals surface area (Å²) in [6.07, 6.45) is 0. The van der Waals surface area contributed by atoms with Crippen molar-refractivity contribution in [2.45, 2.75) is 19.9 Å². The first kappa shape index (κ1) is 20.4. The lowest BCUT2D eigenvalue weighted by Gasteiger charge is -2.39. The van der Waals surface area contributed by atoms with Gasteiger partial charge in [-0.1, -0.05) is 23.7 Å². The normalized spacial score (nSPS) is 15.9. The molecule has 2 aromatic rings. The number of ether oxygens (including phenoxy) is 1. The van der Waals surface area contributed by atoms with Crippen LogP contribution in [0.3, 0.4) is 0 Å². The highest BCUT2D eigenvalue weighted by molar-refractivity contribution is 6.33. The van der Waals surface area contributed by atoms with Gasteiger partial charge >= 0.3 is 0 Å². The molecule has 1 fully saturated rings. The van der Waals surface area contributed by atoms with Crippen molar-refractivity contribution in [1.82, 2.24) is 4.90 Å². The molecule has 0 bridgehead atoms. The van der Waals surface area contributed by atoms with Crippen molar-refractivity contribution < 1.29 is 13.9 Å². The Kier molecular flexibility index (Phi) is 6.75. The Morgan fingerprint density at radius 2 is 1.93 bits per heavy atom. The van der Waals surface area contributed by atoms with Gasteiger partial charge in [0.15, 0.2) is 0 Å². The highest BCUT2D eigenvalue weighted by Crippen LogP contribution is 2.29. The van der Waals surface area contributed by atoms with Crippen molar-refractivity contribution in [3.8, 4) is 5.75 Å². The van der Waals surface area contributed by atoms with Gasteiger partial charge in [0.2, 0.25) is 5.91 Å². The number of para-hydroxylation sites is 2. The Morgan fingerprint density at radius 3 is 2.61 bits per heavy atom. The van der Waals surface area contributed by atoms with Gasteiger partial charge in [0.05, 0.1) is 29.0 Å². The number of rotatable bonds is 6. The van der Waals surface area contributed by atoms with Crippen molar-refractivity contribution in [1.29, 1.82) is 0 Å². The summed E-state index contributed by atoms with van der Waals surface area (Å²) in [5, 5.41) is 2.98. The Bertz CT molecular complexity index is 825. The summed E-state index contributed by atoms with van der Waals surface area (Å²) in [4.78, 5) is 17.0. The molecule has 150 valence electrons. The lowest BCUT2D eigenvalue weighted by atomic mass is 10.2. The SMILES string of the molecule is CCOc1ccccc1N1CCN([C@H](C)C(=O)Nc2ccc(F)cc2Cl)CC1. The van der Waals surface area contributed by atoms with E-state index in [1.165, 1.54) is 18.2 Å². The van der Waals surface area contributed by atoms with Crippen LogP contribution in [-0.4, -0.2) is 49.6 Å². The third-order valence-electron chi connectivity index (χ3n) is 4.94. The van der Waals surface area contributed by atoms with E-state index >= 15 is 0 Å². The summed E-state index contributed by atoms with van der Waals surface area (Å²) in [5.74, 6) is 0.298. The van der Waals surface area contributed by atoms with E-state index in [1.54, 1.807) is 0 Å². The van der Waals surface area contributed by atoms with Gasteiger partial charge < -0.3 is 15.0 Å². The maximum Gasteiger partial charge on any atom is 0.241 e. The molecular weight excluding hydrogens is 381 g/mol. The quantitative estimate of drug-likeness (QED) is 0.788. The molecule has 1 aliphatic heterocycles. The van der Waals surface area contributed by atoms with Gasteiger partial charge in [0.25, 0.3) is 0 Å². The van der Waals surface area contributed by atoms with E-state index in [1.807, 2.05) is 32.0 Å². The molecule has 2 aromatic carbocycles. The predicted molar refractivity (Wildman–Crippen MR) is 111 cm³/mol. The Hall–Kier alpha value is -2.31. The van der Waals surface area contributed by atoms with Gasteiger partial charge in [0.1, 0.15) is 11.6 Å². The van der Waals surface area contributed by atoms with Crippen LogP contribution >= 0.6 is 11.6 Å². The average Bonchev–Trinajstić information content (AvgIpc) is 2.70. The molecule has 0 radical (unpaired) electrons. The number of nitrogens with one attached hydrogen (secondary N) is 1. The molecule has 0 aliphatic carbocycles. The maximum atomic E-state index is 13.2. The minimum atomic E-state index is -0.431. The van der Waals surface area contributed by atoms with Crippen LogP contribution in [-0.2, 0) is 4.79 Å². The van der Waals surface area contributed by atoms with Crippen molar-refractivity contribution in [2.75, 3.05) is 43.0 Å². The maximum absolute atomic E-state index is 13.2. The number of carbonyl (C=O) groups is 1. The van der Waals surface area contributed by atoms with Crippen LogP contribution < -0.4 is 15.0 Å². The molecule has 1 aliphatic rings. The average molecular weight is 406 g/mol. The Labute approximate surface area is 170 Å². The summed E-state index contributed by atoms with van der Waals surface area (Å²) in [6.45, 7) is 7.59. The van der Waals surface area contributed by atoms with Gasteiger partial charge in [-0.05, 0) is 44.2 Å². The molecule has 1 saturated heterocycles. The molecular formula is C21H25ClFN3O2. The van der Waals surface area contributed by atoms with Crippen LogP contribution in [0.25, 0.3) is 0 Å². The van der Waals surface area contributed by atoms with Gasteiger partial charge in [-0.25, -0.2) is 4.39 Å². The fraction of sp³-hybridized carbons (Fsp3) is 0.381. The lowest BCUT2D eigenvalue weighted by Crippen LogP contribution is -2.52. The van der Waals surface area contributed by atoms with Crippen molar-refractivity contribution in [2.24, 2.45) is 0 Å². The summed E-state index contributed by atoms with van der Waals surface area (Å²) in [5.41, 5.74) is 1.50. The summed E-state index contributed by atoms with van der Waals surface area (Å²) in [6, 6.07) is 11.7. The van der Waals surface area contributed by atoms with Crippen molar-refractivity contribution in [3.05, 3.63) is 53.3 Å². The molecule has 7 heteroatoms. The van der Waals surface area contributed by atoms with E-state index in [-0.39, 0.29) is 17.0 Å². The third-order valence-corrected chi connectivity index (χ3v) is 5.25. The van der Waals surface area contributed by atoms with Crippen LogP contribution in [0.15, 0.2) is 42.5 Å². The summed E-state index contributed by atoms with van der Waals surface area (Å²) < 4.78 is 18.9. The van der Waals surface area contributed by atoms with E-state index in [4.69, 9.17) is 16.3 Å². The molecule has 28 heavy (non-hydrogen) atoms. The highest BCUT2D eigenvalue weighted by atomic mass is 35.5. The number of carbonyl (C=O) groups excluding carboxylic acids is 1. The second-order valence-corrected chi connectivity index (χ2v) is 7.12. The first-order chi connectivity index (χ1) is 13.5. The molecule has 1 N–H and O–H groups in total. The van der Waals surface area contributed by atoms with Crippen LogP contribution in [0.5, 0.6) is 5.75 Å². The predicted octanol–water partition coefficient (Wildman–Crippen LogP) is 4.03. The second kappa shape index (κ2) is 9.26. The number of hydrogen-bond donors (Lipinski definition) is 1. The lowest BCUT2D eigenvalue weighted by molar-refractivity contribution is -0.120. The molecule has 0 aromatic heterocycles. The molecule has 0 unspecified atom stereocenters. The van der Waals surface area contributed by atoms with E-state index in [9.17, 15) is 9.18 Å². The zero-order chi connectivity index (χ0) is 20.1. The number of halogens is 2. The van der Waals surface area contributed by atoms with Crippen molar-refractivity contribution >= 4 is 28.9 Å². The Balaban J connectivity index is 1.59. The number of benzene rings is 2. The Morgan fingerprint density at radius 1 is 1.21 bits per heavy atom. The van der Waals surface area contributed by atoms with E-state index in [2.05, 4.69) is 21.2 Å². The second-order valence-electron chi connectivity index (χ2n) is 6.71. The van der Waals surface area contributed by atoms with Gasteiger partial charge in [-0.3, -0.25) is 9.69 Å². The fourth-order valence-electron chi connectivity index (χ4n) is 3.34. The monoisotopic (exact) mass is 405 g/mol. The topological polar surface area (TPSA) is 44.8 Å². The minimum absolute atomic E-state index is 0.156. The number of nitrogens with zero attached hydrogens (tertiary/aromatic N) is 2. The zero-order valence-electron chi connectivity index (χ0n) is 16.1. The number of hydrogen-bond acceptors (Lipinski definition) is 4. The van der Waals surface area contributed by atoms with Gasteiger partial charge in [-0.15, -0.1) is 0 Å². The fourth-order valence-corrected chi connectivity index (χ4v) is 3.55. The number of anilines is 2.